The molecule has 10 nitrogen and oxygen atoms in total. The highest BCUT2D eigenvalue weighted by molar-refractivity contribution is 5.96. The van der Waals surface area contributed by atoms with E-state index in [2.05, 4.69) is 39.4 Å². The number of piperazine rings is 1. The maximum Gasteiger partial charge on any atom is 0.257 e. The van der Waals surface area contributed by atoms with Crippen molar-refractivity contribution in [1.82, 2.24) is 30.0 Å². The fraction of sp³-hybridized carbons (Fsp3) is 0.618. The van der Waals surface area contributed by atoms with Gasteiger partial charge in [-0.05, 0) is 50.5 Å². The van der Waals surface area contributed by atoms with Crippen LogP contribution >= 0.6 is 0 Å². The van der Waals surface area contributed by atoms with E-state index < -0.39 is 0 Å². The van der Waals surface area contributed by atoms with Gasteiger partial charge in [-0.15, -0.1) is 0 Å². The number of carbonyl (C=O) groups is 3. The molecule has 1 aromatic heterocycles. The second-order valence-corrected chi connectivity index (χ2v) is 13.3. The van der Waals surface area contributed by atoms with Crippen LogP contribution in [0.1, 0.15) is 72.4 Å². The quantitative estimate of drug-likeness (QED) is 0.496. The number of aryl methyl sites for hydroxylation is 2. The molecule has 44 heavy (non-hydrogen) atoms. The number of hydrogen-bond donors (Lipinski definition) is 1. The predicted molar refractivity (Wildman–Crippen MR) is 169 cm³/mol. The van der Waals surface area contributed by atoms with Gasteiger partial charge in [-0.3, -0.25) is 14.4 Å². The second-order valence-electron chi connectivity index (χ2n) is 13.3. The summed E-state index contributed by atoms with van der Waals surface area (Å²) in [6, 6.07) is 10.4. The summed E-state index contributed by atoms with van der Waals surface area (Å²) < 4.78 is 0. The second kappa shape index (κ2) is 13.2. The SMILES string of the molecule is CC(=O)N1CCN(c2nc(C)c(C(=O)N3CC4CN(CCC(NC(=O)C5CCCC5)c5ccccc5)C[C@H]4C3)c(C)n2)CC1. The van der Waals surface area contributed by atoms with Crippen LogP contribution < -0.4 is 10.2 Å². The normalized spacial score (nSPS) is 23.2. The largest absolute Gasteiger partial charge is 0.349 e. The van der Waals surface area contributed by atoms with Crippen molar-refractivity contribution >= 4 is 23.7 Å². The molecular formula is C34H47N7O3. The molecule has 10 heteroatoms. The lowest BCUT2D eigenvalue weighted by molar-refractivity contribution is -0.129. The molecule has 4 aliphatic rings. The zero-order chi connectivity index (χ0) is 30.8. The lowest BCUT2D eigenvalue weighted by atomic mass is 10.0. The number of hydrogen-bond acceptors (Lipinski definition) is 7. The van der Waals surface area contributed by atoms with Crippen molar-refractivity contribution in [2.45, 2.75) is 58.9 Å². The number of fused-ring (bicyclic) bond motifs is 1. The number of nitrogens with one attached hydrogen (secondary N) is 1. The Balaban J connectivity index is 1.03. The average Bonchev–Trinajstić information content (AvgIpc) is 3.77. The van der Waals surface area contributed by atoms with Gasteiger partial charge in [0.25, 0.3) is 5.91 Å². The smallest absolute Gasteiger partial charge is 0.257 e. The molecule has 3 saturated heterocycles. The Morgan fingerprint density at radius 1 is 0.864 bits per heavy atom. The van der Waals surface area contributed by atoms with Crippen molar-refractivity contribution in [2.75, 3.05) is 63.8 Å². The summed E-state index contributed by atoms with van der Waals surface area (Å²) in [6.07, 6.45) is 5.21. The Bertz CT molecular complexity index is 1320. The molecule has 1 N–H and O–H groups in total. The van der Waals surface area contributed by atoms with Crippen molar-refractivity contribution < 1.29 is 14.4 Å². The molecule has 1 aromatic carbocycles. The van der Waals surface area contributed by atoms with Gasteiger partial charge in [-0.25, -0.2) is 9.97 Å². The highest BCUT2D eigenvalue weighted by Crippen LogP contribution is 2.34. The summed E-state index contributed by atoms with van der Waals surface area (Å²) in [7, 11) is 0. The number of nitrogens with zero attached hydrogens (tertiary/aromatic N) is 6. The van der Waals surface area contributed by atoms with Gasteiger partial charge in [0.05, 0.1) is 23.0 Å². The fourth-order valence-corrected chi connectivity index (χ4v) is 7.76. The highest BCUT2D eigenvalue weighted by Gasteiger charge is 2.42. The molecule has 1 saturated carbocycles. The molecule has 2 aromatic rings. The van der Waals surface area contributed by atoms with Gasteiger partial charge in [0.2, 0.25) is 17.8 Å². The van der Waals surface area contributed by atoms with E-state index in [9.17, 15) is 14.4 Å². The molecular weight excluding hydrogens is 554 g/mol. The van der Waals surface area contributed by atoms with Crippen LogP contribution in [-0.2, 0) is 9.59 Å². The number of amides is 3. The third kappa shape index (κ3) is 6.60. The molecule has 3 aliphatic heterocycles. The van der Waals surface area contributed by atoms with Gasteiger partial charge in [0, 0.05) is 71.7 Å². The predicted octanol–water partition coefficient (Wildman–Crippen LogP) is 3.20. The Labute approximate surface area is 261 Å². The van der Waals surface area contributed by atoms with Crippen LogP contribution in [0.25, 0.3) is 0 Å². The lowest BCUT2D eigenvalue weighted by Crippen LogP contribution is -2.48. The molecule has 4 heterocycles. The maximum atomic E-state index is 13.7. The van der Waals surface area contributed by atoms with E-state index in [4.69, 9.17) is 9.97 Å². The number of likely N-dealkylation sites (tertiary alicyclic amines) is 2. The molecule has 0 bridgehead atoms. The minimum Gasteiger partial charge on any atom is -0.349 e. The lowest BCUT2D eigenvalue weighted by Gasteiger charge is -2.34. The van der Waals surface area contributed by atoms with Crippen LogP contribution in [0.5, 0.6) is 0 Å². The molecule has 0 spiro atoms. The van der Waals surface area contributed by atoms with Crippen molar-refractivity contribution in [3.63, 3.8) is 0 Å². The number of benzene rings is 1. The first-order chi connectivity index (χ1) is 21.3. The summed E-state index contributed by atoms with van der Waals surface area (Å²) in [6.45, 7) is 12.5. The monoisotopic (exact) mass is 601 g/mol. The zero-order valence-corrected chi connectivity index (χ0v) is 26.5. The van der Waals surface area contributed by atoms with Gasteiger partial charge in [0.15, 0.2) is 0 Å². The van der Waals surface area contributed by atoms with Gasteiger partial charge < -0.3 is 24.9 Å². The van der Waals surface area contributed by atoms with Crippen molar-refractivity contribution in [1.29, 1.82) is 0 Å². The third-order valence-electron chi connectivity index (χ3n) is 10.3. The summed E-state index contributed by atoms with van der Waals surface area (Å²) in [5.74, 6) is 2.06. The van der Waals surface area contributed by atoms with Crippen molar-refractivity contribution in [3.8, 4) is 0 Å². The van der Waals surface area contributed by atoms with E-state index in [1.165, 1.54) is 5.56 Å². The Morgan fingerprint density at radius 2 is 1.48 bits per heavy atom. The van der Waals surface area contributed by atoms with E-state index in [0.717, 1.165) is 76.2 Å². The van der Waals surface area contributed by atoms with Crippen LogP contribution in [-0.4, -0.2) is 101 Å². The van der Waals surface area contributed by atoms with Gasteiger partial charge >= 0.3 is 0 Å². The number of anilines is 1. The molecule has 0 radical (unpaired) electrons. The van der Waals surface area contributed by atoms with E-state index >= 15 is 0 Å². The topological polar surface area (TPSA) is 102 Å². The number of rotatable bonds is 8. The first-order valence-electron chi connectivity index (χ1n) is 16.5. The van der Waals surface area contributed by atoms with E-state index in [0.29, 0.717) is 49.5 Å². The Kier molecular flexibility index (Phi) is 9.16. The Morgan fingerprint density at radius 3 is 2.07 bits per heavy atom. The van der Waals surface area contributed by atoms with Crippen LogP contribution in [0.2, 0.25) is 0 Å². The molecule has 2 unspecified atom stereocenters. The van der Waals surface area contributed by atoms with Crippen LogP contribution in [0, 0.1) is 31.6 Å². The van der Waals surface area contributed by atoms with Gasteiger partial charge in [-0.1, -0.05) is 43.2 Å². The third-order valence-corrected chi connectivity index (χ3v) is 10.3. The first-order valence-corrected chi connectivity index (χ1v) is 16.5. The van der Waals surface area contributed by atoms with Crippen molar-refractivity contribution in [2.24, 2.45) is 17.8 Å². The summed E-state index contributed by atoms with van der Waals surface area (Å²) in [4.78, 5) is 56.4. The van der Waals surface area contributed by atoms with E-state index in [-0.39, 0.29) is 29.7 Å². The van der Waals surface area contributed by atoms with E-state index in [1.54, 1.807) is 6.92 Å². The van der Waals surface area contributed by atoms with Gasteiger partial charge in [-0.2, -0.15) is 0 Å². The van der Waals surface area contributed by atoms with Gasteiger partial charge in [0.1, 0.15) is 0 Å². The first kappa shape index (κ1) is 30.5. The van der Waals surface area contributed by atoms with Crippen LogP contribution in [0.15, 0.2) is 30.3 Å². The Hall–Kier alpha value is -3.53. The van der Waals surface area contributed by atoms with Crippen molar-refractivity contribution in [3.05, 3.63) is 52.8 Å². The van der Waals surface area contributed by atoms with Crippen LogP contribution in [0.4, 0.5) is 5.95 Å². The standard InChI is InChI=1S/C34H47N7O3/c1-23-31(24(2)36-34(35-23)40-17-15-39(16-18-40)25(3)42)33(44)41-21-28-19-38(20-29(28)22-41)14-13-30(26-9-5-4-6-10-26)37-32(43)27-11-7-8-12-27/h4-6,9-10,27-30H,7-8,11-22H2,1-3H3,(H,37,43)/t28-,29?,30?/m0/s1. The van der Waals surface area contributed by atoms with E-state index in [1.807, 2.05) is 29.7 Å². The van der Waals surface area contributed by atoms with Crippen LogP contribution in [0.3, 0.4) is 0 Å². The molecule has 3 atom stereocenters. The minimum atomic E-state index is 0.0229. The molecule has 3 amide bonds. The molecule has 236 valence electrons. The minimum absolute atomic E-state index is 0.0229. The summed E-state index contributed by atoms with van der Waals surface area (Å²) in [5, 5.41) is 3.38. The molecule has 4 fully saturated rings. The number of aromatic nitrogens is 2. The number of carbonyl (C=O) groups excluding carboxylic acids is 3. The molecule has 6 rings (SSSR count). The summed E-state index contributed by atoms with van der Waals surface area (Å²) >= 11 is 0. The average molecular weight is 602 g/mol. The highest BCUT2D eigenvalue weighted by atomic mass is 16.2. The fourth-order valence-electron chi connectivity index (χ4n) is 7.76. The summed E-state index contributed by atoms with van der Waals surface area (Å²) in [5.41, 5.74) is 3.23. The zero-order valence-electron chi connectivity index (χ0n) is 26.5. The molecule has 1 aliphatic carbocycles. The maximum absolute atomic E-state index is 13.7.